The summed E-state index contributed by atoms with van der Waals surface area (Å²) < 4.78 is 0. The number of aryl methyl sites for hydroxylation is 1. The smallest absolute Gasteiger partial charge is 0.227 e. The molecule has 0 spiro atoms. The van der Waals surface area contributed by atoms with Crippen molar-refractivity contribution in [1.29, 1.82) is 0 Å². The molecular weight excluding hydrogens is 459 g/mol. The van der Waals surface area contributed by atoms with E-state index in [0.29, 0.717) is 31.4 Å². The number of hydrogen-bond donors (Lipinski definition) is 4. The second-order valence-electron chi connectivity index (χ2n) is 6.27. The number of guanidine groups is 1. The third-order valence-electron chi connectivity index (χ3n) is 3.80. The Labute approximate surface area is 177 Å². The zero-order valence-corrected chi connectivity index (χ0v) is 18.2. The fourth-order valence-corrected chi connectivity index (χ4v) is 2.21. The highest BCUT2D eigenvalue weighted by Crippen LogP contribution is 2.28. The molecule has 0 atom stereocenters. The van der Waals surface area contributed by atoms with E-state index in [9.17, 15) is 9.59 Å². The zero-order chi connectivity index (χ0) is 18.8. The third kappa shape index (κ3) is 9.55. The topological polar surface area (TPSA) is 108 Å². The first-order valence-corrected chi connectivity index (χ1v) is 9.11. The summed E-state index contributed by atoms with van der Waals surface area (Å²) in [5, 5.41) is 11.9. The van der Waals surface area contributed by atoms with Crippen LogP contribution in [0.25, 0.3) is 0 Å². The van der Waals surface area contributed by atoms with E-state index in [2.05, 4.69) is 31.2 Å². The van der Waals surface area contributed by atoms with Crippen molar-refractivity contribution >= 4 is 47.6 Å². The van der Waals surface area contributed by atoms with E-state index in [-0.39, 0.29) is 48.1 Å². The van der Waals surface area contributed by atoms with Gasteiger partial charge in [-0.05, 0) is 38.3 Å². The SMILES string of the molecule is CCNC(=NCCC(=O)Nc1ccc(C)cn1)NCCNC(=O)C1CC1.I. The van der Waals surface area contributed by atoms with E-state index in [1.54, 1.807) is 12.3 Å². The van der Waals surface area contributed by atoms with E-state index in [0.717, 1.165) is 24.9 Å². The lowest BCUT2D eigenvalue weighted by atomic mass is 10.3. The maximum absolute atomic E-state index is 11.9. The second-order valence-corrected chi connectivity index (χ2v) is 6.27. The van der Waals surface area contributed by atoms with Crippen LogP contribution >= 0.6 is 24.0 Å². The first-order chi connectivity index (χ1) is 12.6. The summed E-state index contributed by atoms with van der Waals surface area (Å²) in [6.45, 7) is 6.14. The van der Waals surface area contributed by atoms with Crippen LogP contribution in [0, 0.1) is 12.8 Å². The summed E-state index contributed by atoms with van der Waals surface area (Å²) in [6.07, 6.45) is 3.99. The number of nitrogens with one attached hydrogen (secondary N) is 4. The minimum atomic E-state index is -0.127. The van der Waals surface area contributed by atoms with Gasteiger partial charge in [0, 0.05) is 38.2 Å². The Morgan fingerprint density at radius 3 is 2.56 bits per heavy atom. The van der Waals surface area contributed by atoms with Crippen LogP contribution in [0.4, 0.5) is 5.82 Å². The number of anilines is 1. The molecule has 9 heteroatoms. The molecule has 8 nitrogen and oxygen atoms in total. The number of carbonyl (C=O) groups is 2. The summed E-state index contributed by atoms with van der Waals surface area (Å²) in [7, 11) is 0. The van der Waals surface area contributed by atoms with Gasteiger partial charge in [0.1, 0.15) is 5.82 Å². The largest absolute Gasteiger partial charge is 0.357 e. The number of aromatic nitrogens is 1. The number of rotatable bonds is 9. The Balaban J connectivity index is 0.00000364. The van der Waals surface area contributed by atoms with Gasteiger partial charge in [0.05, 0.1) is 6.54 Å². The number of carbonyl (C=O) groups excluding carboxylic acids is 2. The van der Waals surface area contributed by atoms with Crippen LogP contribution in [0.3, 0.4) is 0 Å². The summed E-state index contributed by atoms with van der Waals surface area (Å²) in [6, 6.07) is 3.67. The van der Waals surface area contributed by atoms with Crippen LogP contribution in [-0.2, 0) is 9.59 Å². The van der Waals surface area contributed by atoms with E-state index in [1.807, 2.05) is 19.9 Å². The van der Waals surface area contributed by atoms with Crippen molar-refractivity contribution in [3.05, 3.63) is 23.9 Å². The Morgan fingerprint density at radius 1 is 1.19 bits per heavy atom. The molecule has 1 aliphatic rings. The average molecular weight is 488 g/mol. The molecule has 27 heavy (non-hydrogen) atoms. The number of aliphatic imine (C=N–C) groups is 1. The Morgan fingerprint density at radius 2 is 1.93 bits per heavy atom. The normalized spacial score (nSPS) is 13.3. The van der Waals surface area contributed by atoms with Crippen LogP contribution in [0.1, 0.15) is 31.7 Å². The van der Waals surface area contributed by atoms with Crippen molar-refractivity contribution in [2.24, 2.45) is 10.9 Å². The number of amides is 2. The molecule has 1 aromatic heterocycles. The van der Waals surface area contributed by atoms with Gasteiger partial charge in [0.15, 0.2) is 5.96 Å². The van der Waals surface area contributed by atoms with Gasteiger partial charge in [-0.25, -0.2) is 4.98 Å². The number of hydrogen-bond acceptors (Lipinski definition) is 4. The maximum atomic E-state index is 11.9. The summed E-state index contributed by atoms with van der Waals surface area (Å²) in [4.78, 5) is 32.0. The molecule has 0 aliphatic heterocycles. The van der Waals surface area contributed by atoms with Crippen molar-refractivity contribution in [2.45, 2.75) is 33.1 Å². The van der Waals surface area contributed by atoms with Gasteiger partial charge in [-0.3, -0.25) is 14.6 Å². The van der Waals surface area contributed by atoms with Crippen molar-refractivity contribution in [3.63, 3.8) is 0 Å². The molecule has 1 fully saturated rings. The van der Waals surface area contributed by atoms with Crippen molar-refractivity contribution in [2.75, 3.05) is 31.5 Å². The summed E-state index contributed by atoms with van der Waals surface area (Å²) >= 11 is 0. The van der Waals surface area contributed by atoms with Gasteiger partial charge in [-0.2, -0.15) is 0 Å². The molecule has 0 aromatic carbocycles. The third-order valence-corrected chi connectivity index (χ3v) is 3.80. The molecular formula is C18H29IN6O2. The highest BCUT2D eigenvalue weighted by Gasteiger charge is 2.28. The molecule has 0 radical (unpaired) electrons. The van der Waals surface area contributed by atoms with Gasteiger partial charge in [0.25, 0.3) is 0 Å². The van der Waals surface area contributed by atoms with E-state index >= 15 is 0 Å². The highest BCUT2D eigenvalue weighted by molar-refractivity contribution is 14.0. The van der Waals surface area contributed by atoms with E-state index in [1.165, 1.54) is 0 Å². The Kier molecular flexibility index (Phi) is 10.7. The molecule has 150 valence electrons. The van der Waals surface area contributed by atoms with Crippen LogP contribution in [0.2, 0.25) is 0 Å². The van der Waals surface area contributed by atoms with Gasteiger partial charge < -0.3 is 21.3 Å². The molecule has 0 unspecified atom stereocenters. The predicted octanol–water partition coefficient (Wildman–Crippen LogP) is 1.42. The lowest BCUT2D eigenvalue weighted by molar-refractivity contribution is -0.122. The first-order valence-electron chi connectivity index (χ1n) is 9.11. The fraction of sp³-hybridized carbons (Fsp3) is 0.556. The predicted molar refractivity (Wildman–Crippen MR) is 117 cm³/mol. The van der Waals surface area contributed by atoms with Gasteiger partial charge in [-0.15, -0.1) is 24.0 Å². The van der Waals surface area contributed by atoms with Crippen LogP contribution in [0.5, 0.6) is 0 Å². The minimum Gasteiger partial charge on any atom is -0.357 e. The summed E-state index contributed by atoms with van der Waals surface area (Å²) in [5.74, 6) is 1.40. The molecule has 0 saturated heterocycles. The molecule has 1 aliphatic carbocycles. The lowest BCUT2D eigenvalue weighted by Crippen LogP contribution is -2.41. The van der Waals surface area contributed by atoms with Gasteiger partial charge >= 0.3 is 0 Å². The maximum Gasteiger partial charge on any atom is 0.227 e. The molecule has 2 amide bonds. The van der Waals surface area contributed by atoms with E-state index in [4.69, 9.17) is 0 Å². The zero-order valence-electron chi connectivity index (χ0n) is 15.9. The standard InChI is InChI=1S/C18H28N6O2.HI/c1-3-19-18(22-11-10-20-17(26)14-5-6-14)21-9-8-16(25)24-15-7-4-13(2)12-23-15;/h4,7,12,14H,3,5-6,8-11H2,1-2H3,(H,20,26)(H2,19,21,22)(H,23,24,25);1H. The van der Waals surface area contributed by atoms with Gasteiger partial charge in [0.2, 0.25) is 11.8 Å². The van der Waals surface area contributed by atoms with Crippen LogP contribution in [0.15, 0.2) is 23.3 Å². The number of nitrogens with zero attached hydrogens (tertiary/aromatic N) is 2. The highest BCUT2D eigenvalue weighted by atomic mass is 127. The fourth-order valence-electron chi connectivity index (χ4n) is 2.21. The van der Waals surface area contributed by atoms with Gasteiger partial charge in [-0.1, -0.05) is 6.07 Å². The molecule has 1 heterocycles. The Bertz CT molecular complexity index is 631. The summed E-state index contributed by atoms with van der Waals surface area (Å²) in [5.41, 5.74) is 1.04. The first kappa shape index (κ1) is 23.1. The van der Waals surface area contributed by atoms with Crippen molar-refractivity contribution in [3.8, 4) is 0 Å². The average Bonchev–Trinajstić information content (AvgIpc) is 3.45. The molecule has 0 bridgehead atoms. The number of halogens is 1. The molecule has 1 aromatic rings. The Hall–Kier alpha value is -1.91. The molecule has 2 rings (SSSR count). The minimum absolute atomic E-state index is 0. The van der Waals surface area contributed by atoms with Crippen molar-refractivity contribution < 1.29 is 9.59 Å². The van der Waals surface area contributed by atoms with Crippen LogP contribution in [-0.4, -0.2) is 48.9 Å². The second kappa shape index (κ2) is 12.5. The molecule has 4 N–H and O–H groups in total. The van der Waals surface area contributed by atoms with Crippen molar-refractivity contribution in [1.82, 2.24) is 20.9 Å². The van der Waals surface area contributed by atoms with Crippen LogP contribution < -0.4 is 21.3 Å². The van der Waals surface area contributed by atoms with E-state index < -0.39 is 0 Å². The lowest BCUT2D eigenvalue weighted by Gasteiger charge is -2.11. The molecule has 1 saturated carbocycles. The quantitative estimate of drug-likeness (QED) is 0.182. The number of pyridine rings is 1. The monoisotopic (exact) mass is 488 g/mol.